The lowest BCUT2D eigenvalue weighted by molar-refractivity contribution is 0.103. The van der Waals surface area contributed by atoms with Crippen molar-refractivity contribution >= 4 is 38.8 Å². The first kappa shape index (κ1) is 17.0. The molecule has 6 heteroatoms. The molecule has 0 atom stereocenters. The van der Waals surface area contributed by atoms with Crippen molar-refractivity contribution < 1.29 is 9.18 Å². The summed E-state index contributed by atoms with van der Waals surface area (Å²) in [5.41, 5.74) is 9.19. The normalized spacial score (nSPS) is 14.5. The maximum atomic E-state index is 13.8. The number of pyridine rings is 1. The Kier molecular flexibility index (Phi) is 4.59. The molecule has 0 aliphatic heterocycles. The minimum absolute atomic E-state index is 0.148. The summed E-state index contributed by atoms with van der Waals surface area (Å²) in [5.74, 6) is -0.871. The number of para-hydroxylation sites is 1. The first-order valence-electron chi connectivity index (χ1n) is 8.90. The molecule has 0 bridgehead atoms. The highest BCUT2D eigenvalue weighted by Gasteiger charge is 2.20. The monoisotopic (exact) mass is 369 g/mol. The number of thiophene rings is 1. The third kappa shape index (κ3) is 3.17. The molecule has 0 saturated carbocycles. The van der Waals surface area contributed by atoms with Crippen molar-refractivity contribution in [1.29, 1.82) is 0 Å². The van der Waals surface area contributed by atoms with E-state index in [9.17, 15) is 9.18 Å². The standard InChI is InChI=1S/C20H20FN3OS/c21-14-8-5-6-10-16(14)23-19(25)18-17(22)13-11-12-7-3-1-2-4-9-15(12)24-20(13)26-18/h5-6,8,10-11H,1-4,7,9,22H2,(H,23,25). The van der Waals surface area contributed by atoms with E-state index in [4.69, 9.17) is 10.7 Å². The molecule has 3 N–H and O–H groups in total. The number of aryl methyl sites for hydroxylation is 2. The van der Waals surface area contributed by atoms with Crippen LogP contribution in [0.5, 0.6) is 0 Å². The summed E-state index contributed by atoms with van der Waals surface area (Å²) in [6.45, 7) is 0. The van der Waals surface area contributed by atoms with E-state index in [-0.39, 0.29) is 5.69 Å². The number of hydrogen-bond donors (Lipinski definition) is 2. The van der Waals surface area contributed by atoms with Gasteiger partial charge in [-0.1, -0.05) is 25.0 Å². The summed E-state index contributed by atoms with van der Waals surface area (Å²) in [6, 6.07) is 8.19. The van der Waals surface area contributed by atoms with Gasteiger partial charge in [-0.25, -0.2) is 9.37 Å². The summed E-state index contributed by atoms with van der Waals surface area (Å²) in [6.07, 6.45) is 6.76. The fraction of sp³-hybridized carbons (Fsp3) is 0.300. The van der Waals surface area contributed by atoms with Gasteiger partial charge in [0.15, 0.2) is 0 Å². The molecule has 0 spiro atoms. The number of amides is 1. The summed E-state index contributed by atoms with van der Waals surface area (Å²) < 4.78 is 13.8. The number of nitrogens with zero attached hydrogens (tertiary/aromatic N) is 1. The van der Waals surface area contributed by atoms with E-state index in [0.29, 0.717) is 10.6 Å². The van der Waals surface area contributed by atoms with Gasteiger partial charge in [0.2, 0.25) is 0 Å². The molecule has 0 unspecified atom stereocenters. The highest BCUT2D eigenvalue weighted by molar-refractivity contribution is 7.21. The summed E-state index contributed by atoms with van der Waals surface area (Å²) in [7, 11) is 0. The van der Waals surface area contributed by atoms with Crippen LogP contribution >= 0.6 is 11.3 Å². The second kappa shape index (κ2) is 7.03. The maximum absolute atomic E-state index is 13.8. The van der Waals surface area contributed by atoms with Gasteiger partial charge in [-0.05, 0) is 49.4 Å². The number of carbonyl (C=O) groups excluding carboxylic acids is 1. The number of rotatable bonds is 2. The molecule has 0 saturated heterocycles. The van der Waals surface area contributed by atoms with Gasteiger partial charge in [-0.2, -0.15) is 0 Å². The Morgan fingerprint density at radius 1 is 1.15 bits per heavy atom. The SMILES string of the molecule is Nc1c(C(=O)Nc2ccccc2F)sc2nc3c(cc12)CCCCCC3. The van der Waals surface area contributed by atoms with Gasteiger partial charge in [0.1, 0.15) is 15.5 Å². The van der Waals surface area contributed by atoms with Crippen molar-refractivity contribution in [3.05, 3.63) is 52.3 Å². The van der Waals surface area contributed by atoms with Gasteiger partial charge in [0.25, 0.3) is 5.91 Å². The fourth-order valence-electron chi connectivity index (χ4n) is 3.42. The second-order valence-corrected chi connectivity index (χ2v) is 7.64. The van der Waals surface area contributed by atoms with E-state index in [1.807, 2.05) is 0 Å². The van der Waals surface area contributed by atoms with E-state index in [1.54, 1.807) is 12.1 Å². The van der Waals surface area contributed by atoms with Crippen LogP contribution < -0.4 is 11.1 Å². The number of fused-ring (bicyclic) bond motifs is 2. The van der Waals surface area contributed by atoms with Gasteiger partial charge < -0.3 is 11.1 Å². The Labute approximate surface area is 155 Å². The largest absolute Gasteiger partial charge is 0.397 e. The van der Waals surface area contributed by atoms with Crippen LogP contribution in [0.4, 0.5) is 15.8 Å². The van der Waals surface area contributed by atoms with Crippen molar-refractivity contribution in [2.75, 3.05) is 11.1 Å². The van der Waals surface area contributed by atoms with Crippen molar-refractivity contribution in [3.63, 3.8) is 0 Å². The number of carbonyl (C=O) groups is 1. The fourth-order valence-corrected chi connectivity index (χ4v) is 4.41. The molecule has 1 aliphatic rings. The molecule has 1 aliphatic carbocycles. The lowest BCUT2D eigenvalue weighted by atomic mass is 9.96. The molecule has 2 aromatic heterocycles. The summed E-state index contributed by atoms with van der Waals surface area (Å²) in [4.78, 5) is 18.6. The zero-order chi connectivity index (χ0) is 18.1. The molecule has 4 nitrogen and oxygen atoms in total. The molecule has 26 heavy (non-hydrogen) atoms. The minimum atomic E-state index is -0.471. The van der Waals surface area contributed by atoms with Gasteiger partial charge in [-0.15, -0.1) is 11.3 Å². The Balaban J connectivity index is 1.70. The van der Waals surface area contributed by atoms with Crippen LogP contribution in [0.2, 0.25) is 0 Å². The van der Waals surface area contributed by atoms with Crippen LogP contribution in [0.3, 0.4) is 0 Å². The van der Waals surface area contributed by atoms with Crippen LogP contribution in [-0.4, -0.2) is 10.9 Å². The average Bonchev–Trinajstić information content (AvgIpc) is 2.93. The topological polar surface area (TPSA) is 68.0 Å². The molecule has 0 fully saturated rings. The number of nitrogens with two attached hydrogens (primary N) is 1. The first-order chi connectivity index (χ1) is 12.6. The number of anilines is 2. The van der Waals surface area contributed by atoms with Gasteiger partial charge in [0.05, 0.1) is 11.4 Å². The number of nitrogens with one attached hydrogen (secondary N) is 1. The van der Waals surface area contributed by atoms with E-state index in [1.165, 1.54) is 41.9 Å². The zero-order valence-corrected chi connectivity index (χ0v) is 15.2. The van der Waals surface area contributed by atoms with E-state index < -0.39 is 11.7 Å². The third-order valence-corrected chi connectivity index (χ3v) is 5.94. The molecule has 2 heterocycles. The molecule has 0 radical (unpaired) electrons. The molecular weight excluding hydrogens is 349 g/mol. The van der Waals surface area contributed by atoms with Crippen LogP contribution in [0.15, 0.2) is 30.3 Å². The predicted molar refractivity (Wildman–Crippen MR) is 104 cm³/mol. The lowest BCUT2D eigenvalue weighted by Gasteiger charge is -2.12. The Bertz CT molecular complexity index is 983. The lowest BCUT2D eigenvalue weighted by Crippen LogP contribution is -2.12. The van der Waals surface area contributed by atoms with E-state index in [2.05, 4.69) is 11.4 Å². The number of benzene rings is 1. The Morgan fingerprint density at radius 2 is 1.92 bits per heavy atom. The Morgan fingerprint density at radius 3 is 2.73 bits per heavy atom. The van der Waals surface area contributed by atoms with Gasteiger partial charge in [0, 0.05) is 11.1 Å². The van der Waals surface area contributed by atoms with Crippen LogP contribution in [0.1, 0.15) is 46.6 Å². The van der Waals surface area contributed by atoms with E-state index in [0.717, 1.165) is 41.6 Å². The van der Waals surface area contributed by atoms with Crippen molar-refractivity contribution in [2.24, 2.45) is 0 Å². The average molecular weight is 369 g/mol. The summed E-state index contributed by atoms with van der Waals surface area (Å²) in [5, 5.41) is 3.43. The third-order valence-electron chi connectivity index (χ3n) is 4.83. The summed E-state index contributed by atoms with van der Waals surface area (Å²) >= 11 is 1.27. The number of hydrogen-bond acceptors (Lipinski definition) is 4. The van der Waals surface area contributed by atoms with Crippen molar-refractivity contribution in [2.45, 2.75) is 38.5 Å². The smallest absolute Gasteiger partial charge is 0.268 e. The number of halogens is 1. The number of aromatic nitrogens is 1. The number of nitrogen functional groups attached to an aromatic ring is 1. The van der Waals surface area contributed by atoms with Gasteiger partial charge in [-0.3, -0.25) is 4.79 Å². The van der Waals surface area contributed by atoms with Crippen LogP contribution in [0.25, 0.3) is 10.2 Å². The van der Waals surface area contributed by atoms with Crippen LogP contribution in [-0.2, 0) is 12.8 Å². The first-order valence-corrected chi connectivity index (χ1v) is 9.72. The predicted octanol–water partition coefficient (Wildman–Crippen LogP) is 4.93. The van der Waals surface area contributed by atoms with E-state index >= 15 is 0 Å². The minimum Gasteiger partial charge on any atom is -0.397 e. The second-order valence-electron chi connectivity index (χ2n) is 6.64. The molecular formula is C20H20FN3OS. The highest BCUT2D eigenvalue weighted by Crippen LogP contribution is 2.35. The highest BCUT2D eigenvalue weighted by atomic mass is 32.1. The zero-order valence-electron chi connectivity index (χ0n) is 14.3. The molecule has 3 aromatic rings. The van der Waals surface area contributed by atoms with Crippen molar-refractivity contribution in [3.8, 4) is 0 Å². The molecule has 1 amide bonds. The quantitative estimate of drug-likeness (QED) is 0.673. The van der Waals surface area contributed by atoms with Crippen LogP contribution in [0, 0.1) is 5.82 Å². The molecule has 4 rings (SSSR count). The molecule has 134 valence electrons. The maximum Gasteiger partial charge on any atom is 0.268 e. The van der Waals surface area contributed by atoms with Gasteiger partial charge >= 0.3 is 0 Å². The Hall–Kier alpha value is -2.47. The van der Waals surface area contributed by atoms with Crippen molar-refractivity contribution in [1.82, 2.24) is 4.98 Å². The molecule has 1 aromatic carbocycles.